The maximum absolute atomic E-state index is 10.9. The fraction of sp³-hybridized carbons (Fsp3) is 0.643. The maximum Gasteiger partial charge on any atom is 0.311 e. The van der Waals surface area contributed by atoms with Crippen LogP contribution in [0, 0.1) is 16.0 Å². The summed E-state index contributed by atoms with van der Waals surface area (Å²) in [5.41, 5.74) is -0.838. The molecule has 0 amide bonds. The number of anilines is 1. The number of nitrogens with one attached hydrogen (secondary N) is 1. The maximum atomic E-state index is 10.9. The molecule has 1 saturated carbocycles. The van der Waals surface area contributed by atoms with Crippen LogP contribution in [0.15, 0.2) is 18.3 Å². The molecule has 1 aromatic rings. The van der Waals surface area contributed by atoms with Crippen LogP contribution in [0.5, 0.6) is 0 Å². The summed E-state index contributed by atoms with van der Waals surface area (Å²) in [4.78, 5) is 14.4. The number of nitro groups is 1. The van der Waals surface area contributed by atoms with Gasteiger partial charge in [0.1, 0.15) is 0 Å². The van der Waals surface area contributed by atoms with Gasteiger partial charge in [-0.05, 0) is 37.7 Å². The molecular weight excluding hydrogens is 258 g/mol. The Hall–Kier alpha value is -1.69. The highest BCUT2D eigenvalue weighted by Crippen LogP contribution is 2.34. The van der Waals surface area contributed by atoms with E-state index in [0.717, 1.165) is 32.1 Å². The van der Waals surface area contributed by atoms with Crippen molar-refractivity contribution in [3.05, 3.63) is 28.4 Å². The standard InChI is InChI=1S/C14H21N3O3/c1-2-11-5-7-14(18,8-6-11)10-16-13-12(17(19)20)4-3-9-15-13/h3-4,9,11,18H,2,5-8,10H2,1H3,(H,15,16). The number of hydrogen-bond acceptors (Lipinski definition) is 5. The van der Waals surface area contributed by atoms with E-state index in [9.17, 15) is 15.2 Å². The minimum atomic E-state index is -0.781. The van der Waals surface area contributed by atoms with Crippen molar-refractivity contribution in [2.24, 2.45) is 5.92 Å². The fourth-order valence-electron chi connectivity index (χ4n) is 2.73. The molecule has 0 saturated heterocycles. The van der Waals surface area contributed by atoms with Crippen LogP contribution in [0.4, 0.5) is 11.5 Å². The number of pyridine rings is 1. The molecule has 110 valence electrons. The summed E-state index contributed by atoms with van der Waals surface area (Å²) < 4.78 is 0. The van der Waals surface area contributed by atoms with Crippen LogP contribution in [0.3, 0.4) is 0 Å². The van der Waals surface area contributed by atoms with Crippen molar-refractivity contribution in [1.29, 1.82) is 0 Å². The van der Waals surface area contributed by atoms with Gasteiger partial charge in [0.2, 0.25) is 5.82 Å². The van der Waals surface area contributed by atoms with Gasteiger partial charge in [-0.2, -0.15) is 0 Å². The van der Waals surface area contributed by atoms with E-state index >= 15 is 0 Å². The van der Waals surface area contributed by atoms with Gasteiger partial charge in [-0.1, -0.05) is 13.3 Å². The number of rotatable bonds is 5. The molecule has 1 heterocycles. The average Bonchev–Trinajstić information content (AvgIpc) is 2.46. The van der Waals surface area contributed by atoms with Crippen LogP contribution < -0.4 is 5.32 Å². The van der Waals surface area contributed by atoms with Crippen molar-refractivity contribution in [1.82, 2.24) is 4.98 Å². The molecule has 0 aliphatic heterocycles. The summed E-state index contributed by atoms with van der Waals surface area (Å²) in [6.45, 7) is 2.48. The Morgan fingerprint density at radius 1 is 1.55 bits per heavy atom. The van der Waals surface area contributed by atoms with Crippen LogP contribution in [0.25, 0.3) is 0 Å². The highest BCUT2D eigenvalue weighted by Gasteiger charge is 2.33. The molecule has 0 unspecified atom stereocenters. The zero-order chi connectivity index (χ0) is 14.6. The second-order valence-electron chi connectivity index (χ2n) is 5.56. The van der Waals surface area contributed by atoms with Crippen LogP contribution in [0.2, 0.25) is 0 Å². The third-order valence-corrected chi connectivity index (χ3v) is 4.18. The molecule has 6 nitrogen and oxygen atoms in total. The first kappa shape index (κ1) is 14.7. The third-order valence-electron chi connectivity index (χ3n) is 4.18. The fourth-order valence-corrected chi connectivity index (χ4v) is 2.73. The third kappa shape index (κ3) is 3.45. The average molecular weight is 279 g/mol. The zero-order valence-corrected chi connectivity index (χ0v) is 11.7. The van der Waals surface area contributed by atoms with Crippen molar-refractivity contribution >= 4 is 11.5 Å². The topological polar surface area (TPSA) is 88.3 Å². The molecule has 20 heavy (non-hydrogen) atoms. The molecular formula is C14H21N3O3. The molecule has 0 spiro atoms. The number of aromatic nitrogens is 1. The summed E-state index contributed by atoms with van der Waals surface area (Å²) in [5.74, 6) is 0.919. The number of aliphatic hydroxyl groups is 1. The predicted molar refractivity (Wildman–Crippen MR) is 76.6 cm³/mol. The molecule has 2 N–H and O–H groups in total. The van der Waals surface area contributed by atoms with E-state index in [-0.39, 0.29) is 11.5 Å². The number of nitrogens with zero attached hydrogens (tertiary/aromatic N) is 2. The monoisotopic (exact) mass is 279 g/mol. The highest BCUT2D eigenvalue weighted by molar-refractivity contribution is 5.55. The molecule has 1 aliphatic carbocycles. The van der Waals surface area contributed by atoms with E-state index in [2.05, 4.69) is 17.2 Å². The van der Waals surface area contributed by atoms with E-state index < -0.39 is 10.5 Å². The number of hydrogen-bond donors (Lipinski definition) is 2. The summed E-state index contributed by atoms with van der Waals surface area (Å²) in [6, 6.07) is 2.94. The van der Waals surface area contributed by atoms with E-state index in [4.69, 9.17) is 0 Å². The molecule has 1 aromatic heterocycles. The van der Waals surface area contributed by atoms with Gasteiger partial charge < -0.3 is 10.4 Å². The molecule has 0 atom stereocenters. The van der Waals surface area contributed by atoms with E-state index in [1.54, 1.807) is 0 Å². The quantitative estimate of drug-likeness (QED) is 0.639. The second-order valence-corrected chi connectivity index (χ2v) is 5.56. The summed E-state index contributed by atoms with van der Waals surface area (Å²) in [5, 5.41) is 24.3. The summed E-state index contributed by atoms with van der Waals surface area (Å²) in [6.07, 6.45) is 6.15. The van der Waals surface area contributed by atoms with Crippen molar-refractivity contribution < 1.29 is 10.0 Å². The van der Waals surface area contributed by atoms with E-state index in [0.29, 0.717) is 12.5 Å². The van der Waals surface area contributed by atoms with Crippen molar-refractivity contribution in [3.8, 4) is 0 Å². The van der Waals surface area contributed by atoms with Crippen molar-refractivity contribution in [2.45, 2.75) is 44.6 Å². The Morgan fingerprint density at radius 2 is 2.25 bits per heavy atom. The molecule has 1 fully saturated rings. The Balaban J connectivity index is 1.97. The smallest absolute Gasteiger partial charge is 0.311 e. The van der Waals surface area contributed by atoms with Gasteiger partial charge in [0.15, 0.2) is 0 Å². The first-order valence-electron chi connectivity index (χ1n) is 7.10. The summed E-state index contributed by atoms with van der Waals surface area (Å²) >= 11 is 0. The first-order valence-corrected chi connectivity index (χ1v) is 7.10. The predicted octanol–water partition coefficient (Wildman–Crippen LogP) is 2.73. The Bertz CT molecular complexity index is 470. The van der Waals surface area contributed by atoms with Crippen LogP contribution >= 0.6 is 0 Å². The van der Waals surface area contributed by atoms with E-state index in [1.165, 1.54) is 18.3 Å². The minimum Gasteiger partial charge on any atom is -0.388 e. The van der Waals surface area contributed by atoms with Crippen molar-refractivity contribution in [2.75, 3.05) is 11.9 Å². The van der Waals surface area contributed by atoms with Crippen LogP contribution in [-0.2, 0) is 0 Å². The van der Waals surface area contributed by atoms with Gasteiger partial charge in [-0.25, -0.2) is 4.98 Å². The second kappa shape index (κ2) is 6.17. The lowest BCUT2D eigenvalue weighted by molar-refractivity contribution is -0.384. The van der Waals surface area contributed by atoms with Gasteiger partial charge >= 0.3 is 5.69 Å². The normalized spacial score (nSPS) is 26.2. The minimum absolute atomic E-state index is 0.0571. The van der Waals surface area contributed by atoms with Gasteiger partial charge in [0.25, 0.3) is 0 Å². The van der Waals surface area contributed by atoms with Crippen LogP contribution in [-0.4, -0.2) is 27.2 Å². The lowest BCUT2D eigenvalue weighted by Gasteiger charge is -2.35. The molecule has 2 rings (SSSR count). The Morgan fingerprint density at radius 3 is 2.85 bits per heavy atom. The molecule has 0 bridgehead atoms. The molecule has 1 aliphatic rings. The van der Waals surface area contributed by atoms with Crippen LogP contribution in [0.1, 0.15) is 39.0 Å². The Labute approximate surface area is 118 Å². The van der Waals surface area contributed by atoms with Gasteiger partial charge in [-0.3, -0.25) is 10.1 Å². The van der Waals surface area contributed by atoms with E-state index in [1.807, 2.05) is 0 Å². The molecule has 6 heteroatoms. The Kier molecular flexibility index (Phi) is 4.54. The van der Waals surface area contributed by atoms with Gasteiger partial charge in [0, 0.05) is 18.8 Å². The molecule has 0 aromatic carbocycles. The van der Waals surface area contributed by atoms with Crippen molar-refractivity contribution in [3.63, 3.8) is 0 Å². The zero-order valence-electron chi connectivity index (χ0n) is 11.7. The lowest BCUT2D eigenvalue weighted by atomic mass is 9.78. The largest absolute Gasteiger partial charge is 0.388 e. The lowest BCUT2D eigenvalue weighted by Crippen LogP contribution is -2.40. The van der Waals surface area contributed by atoms with Gasteiger partial charge in [-0.15, -0.1) is 0 Å². The SMILES string of the molecule is CCC1CCC(O)(CNc2ncccc2[N+](=O)[O-])CC1. The summed E-state index contributed by atoms with van der Waals surface area (Å²) in [7, 11) is 0. The first-order chi connectivity index (χ1) is 9.54. The highest BCUT2D eigenvalue weighted by atomic mass is 16.6. The molecule has 0 radical (unpaired) electrons. The van der Waals surface area contributed by atoms with Gasteiger partial charge in [0.05, 0.1) is 10.5 Å².